The van der Waals surface area contributed by atoms with E-state index in [1.807, 2.05) is 54.6 Å². The average molecular weight is 342 g/mol. The summed E-state index contributed by atoms with van der Waals surface area (Å²) in [5.41, 5.74) is 6.92. The molecule has 2 aromatic carbocycles. The molecule has 0 unspecified atom stereocenters. The molecule has 0 amide bonds. The third-order valence-electron chi connectivity index (χ3n) is 3.01. The van der Waals surface area contributed by atoms with E-state index in [4.69, 9.17) is 15.9 Å². The summed E-state index contributed by atoms with van der Waals surface area (Å²) in [6, 6.07) is 16.9. The highest BCUT2D eigenvalue weighted by Crippen LogP contribution is 2.27. The van der Waals surface area contributed by atoms with Crippen molar-refractivity contribution >= 4 is 32.7 Å². The molecule has 1 aromatic heterocycles. The van der Waals surface area contributed by atoms with Crippen LogP contribution in [0, 0.1) is 5.41 Å². The van der Waals surface area contributed by atoms with Crippen LogP contribution in [0.5, 0.6) is 11.6 Å². The van der Waals surface area contributed by atoms with Crippen molar-refractivity contribution in [3.8, 4) is 11.6 Å². The van der Waals surface area contributed by atoms with Crippen LogP contribution in [0.2, 0.25) is 0 Å². The Morgan fingerprint density at radius 3 is 2.52 bits per heavy atom. The number of nitrogens with zero attached hydrogens (tertiary/aromatic N) is 1. The number of nitrogens with one attached hydrogen (secondary N) is 1. The van der Waals surface area contributed by atoms with Gasteiger partial charge in [0.1, 0.15) is 11.6 Å². The number of nitrogen functional groups attached to an aromatic ring is 1. The van der Waals surface area contributed by atoms with Gasteiger partial charge in [0.15, 0.2) is 0 Å². The molecule has 4 nitrogen and oxygen atoms in total. The Kier molecular flexibility index (Phi) is 3.58. The smallest absolute Gasteiger partial charge is 0.230 e. The maximum atomic E-state index is 7.70. The number of fused-ring (bicyclic) bond motifs is 1. The summed E-state index contributed by atoms with van der Waals surface area (Å²) in [7, 11) is 0. The lowest BCUT2D eigenvalue weighted by Crippen LogP contribution is -2.13. The van der Waals surface area contributed by atoms with E-state index in [-0.39, 0.29) is 5.84 Å². The van der Waals surface area contributed by atoms with Crippen LogP contribution in [-0.2, 0) is 0 Å². The molecule has 0 radical (unpaired) electrons. The van der Waals surface area contributed by atoms with Crippen LogP contribution in [0.25, 0.3) is 10.9 Å². The van der Waals surface area contributed by atoms with E-state index in [1.165, 1.54) is 0 Å². The number of para-hydroxylation sites is 1. The Balaban J connectivity index is 2.09. The summed E-state index contributed by atoms with van der Waals surface area (Å²) >= 11 is 3.38. The second-order valence-electron chi connectivity index (χ2n) is 4.50. The Morgan fingerprint density at radius 2 is 1.81 bits per heavy atom. The van der Waals surface area contributed by atoms with E-state index in [9.17, 15) is 0 Å². The summed E-state index contributed by atoms with van der Waals surface area (Å²) in [6.45, 7) is 0. The zero-order valence-corrected chi connectivity index (χ0v) is 12.6. The number of pyridine rings is 1. The van der Waals surface area contributed by atoms with Crippen LogP contribution in [0.1, 0.15) is 5.56 Å². The van der Waals surface area contributed by atoms with Gasteiger partial charge in [-0.15, -0.1) is 0 Å². The SMILES string of the molecule is N=C(N)c1cc2ccccc2nc1Oc1ccc(Br)cc1. The molecule has 1 heterocycles. The summed E-state index contributed by atoms with van der Waals surface area (Å²) < 4.78 is 6.75. The minimum absolute atomic E-state index is 0.0691. The van der Waals surface area contributed by atoms with Crippen molar-refractivity contribution in [3.63, 3.8) is 0 Å². The van der Waals surface area contributed by atoms with E-state index in [0.717, 1.165) is 15.4 Å². The van der Waals surface area contributed by atoms with E-state index in [0.29, 0.717) is 17.2 Å². The zero-order valence-electron chi connectivity index (χ0n) is 11.0. The van der Waals surface area contributed by atoms with E-state index >= 15 is 0 Å². The summed E-state index contributed by atoms with van der Waals surface area (Å²) in [5.74, 6) is 0.910. The standard InChI is InChI=1S/C16H12BrN3O/c17-11-5-7-12(8-6-11)21-16-13(15(18)19)9-10-3-1-2-4-14(10)20-16/h1-9H,(H3,18,19). The maximum absolute atomic E-state index is 7.70. The predicted molar refractivity (Wildman–Crippen MR) is 87.0 cm³/mol. The van der Waals surface area contributed by atoms with Gasteiger partial charge in [-0.25, -0.2) is 4.98 Å². The van der Waals surface area contributed by atoms with Crippen LogP contribution < -0.4 is 10.5 Å². The normalized spacial score (nSPS) is 10.5. The molecule has 0 spiro atoms. The lowest BCUT2D eigenvalue weighted by atomic mass is 10.1. The van der Waals surface area contributed by atoms with Crippen LogP contribution in [-0.4, -0.2) is 10.8 Å². The van der Waals surface area contributed by atoms with Gasteiger partial charge in [0.05, 0.1) is 11.1 Å². The number of rotatable bonds is 3. The first kappa shape index (κ1) is 13.6. The lowest BCUT2D eigenvalue weighted by molar-refractivity contribution is 0.464. The fraction of sp³-hybridized carbons (Fsp3) is 0. The van der Waals surface area contributed by atoms with Gasteiger partial charge in [-0.1, -0.05) is 34.1 Å². The van der Waals surface area contributed by atoms with Gasteiger partial charge in [0.2, 0.25) is 5.88 Å². The highest BCUT2D eigenvalue weighted by atomic mass is 79.9. The molecule has 0 atom stereocenters. The van der Waals surface area contributed by atoms with Crippen molar-refractivity contribution in [1.29, 1.82) is 5.41 Å². The lowest BCUT2D eigenvalue weighted by Gasteiger charge is -2.10. The van der Waals surface area contributed by atoms with Gasteiger partial charge in [-0.2, -0.15) is 0 Å². The van der Waals surface area contributed by atoms with Crippen molar-refractivity contribution in [2.24, 2.45) is 5.73 Å². The molecule has 3 rings (SSSR count). The average Bonchev–Trinajstić information content (AvgIpc) is 2.48. The number of hydrogen-bond acceptors (Lipinski definition) is 3. The first-order valence-corrected chi connectivity index (χ1v) is 7.10. The molecule has 0 saturated heterocycles. The second kappa shape index (κ2) is 5.54. The third-order valence-corrected chi connectivity index (χ3v) is 3.54. The third kappa shape index (κ3) is 2.87. The van der Waals surface area contributed by atoms with Crippen molar-refractivity contribution in [1.82, 2.24) is 4.98 Å². The number of benzene rings is 2. The molecule has 0 aliphatic rings. The Hall–Kier alpha value is -2.40. The van der Waals surface area contributed by atoms with Crippen molar-refractivity contribution in [2.45, 2.75) is 0 Å². The van der Waals surface area contributed by atoms with Gasteiger partial charge < -0.3 is 10.5 Å². The molecule has 3 aromatic rings. The Labute approximate surface area is 130 Å². The van der Waals surface area contributed by atoms with Crippen LogP contribution in [0.15, 0.2) is 59.1 Å². The molecule has 0 aliphatic carbocycles. The first-order chi connectivity index (χ1) is 10.1. The molecule has 5 heteroatoms. The molecule has 0 aliphatic heterocycles. The molecule has 0 saturated carbocycles. The largest absolute Gasteiger partial charge is 0.438 e. The number of aromatic nitrogens is 1. The summed E-state index contributed by atoms with van der Waals surface area (Å²) in [6.07, 6.45) is 0. The van der Waals surface area contributed by atoms with Crippen molar-refractivity contribution < 1.29 is 4.74 Å². The first-order valence-electron chi connectivity index (χ1n) is 6.31. The fourth-order valence-electron chi connectivity index (χ4n) is 1.98. The van der Waals surface area contributed by atoms with Gasteiger partial charge in [0, 0.05) is 9.86 Å². The number of nitrogens with two attached hydrogens (primary N) is 1. The molecule has 0 fully saturated rings. The molecule has 104 valence electrons. The van der Waals surface area contributed by atoms with Gasteiger partial charge in [-0.3, -0.25) is 5.41 Å². The topological polar surface area (TPSA) is 72.0 Å². The number of hydrogen-bond donors (Lipinski definition) is 2. The van der Waals surface area contributed by atoms with E-state index < -0.39 is 0 Å². The van der Waals surface area contributed by atoms with E-state index in [2.05, 4.69) is 20.9 Å². The molecular formula is C16H12BrN3O. The predicted octanol–water partition coefficient (Wildman–Crippen LogP) is 4.07. The van der Waals surface area contributed by atoms with Crippen molar-refractivity contribution in [2.75, 3.05) is 0 Å². The monoisotopic (exact) mass is 341 g/mol. The van der Waals surface area contributed by atoms with Gasteiger partial charge >= 0.3 is 0 Å². The molecule has 0 bridgehead atoms. The Bertz CT molecular complexity index is 815. The minimum atomic E-state index is -0.0691. The highest BCUT2D eigenvalue weighted by Gasteiger charge is 2.11. The van der Waals surface area contributed by atoms with Gasteiger partial charge in [-0.05, 0) is 36.4 Å². The van der Waals surface area contributed by atoms with Crippen molar-refractivity contribution in [3.05, 3.63) is 64.6 Å². The van der Waals surface area contributed by atoms with Crippen LogP contribution in [0.4, 0.5) is 0 Å². The van der Waals surface area contributed by atoms with Crippen LogP contribution >= 0.6 is 15.9 Å². The van der Waals surface area contributed by atoms with E-state index in [1.54, 1.807) is 0 Å². The maximum Gasteiger partial charge on any atom is 0.230 e. The second-order valence-corrected chi connectivity index (χ2v) is 5.42. The fourth-order valence-corrected chi connectivity index (χ4v) is 2.25. The number of amidine groups is 1. The summed E-state index contributed by atoms with van der Waals surface area (Å²) in [5, 5.41) is 8.62. The number of ether oxygens (including phenoxy) is 1. The molecule has 3 N–H and O–H groups in total. The zero-order chi connectivity index (χ0) is 14.8. The Morgan fingerprint density at radius 1 is 1.10 bits per heavy atom. The summed E-state index contributed by atoms with van der Waals surface area (Å²) in [4.78, 5) is 4.46. The van der Waals surface area contributed by atoms with Gasteiger partial charge in [0.25, 0.3) is 0 Å². The quantitative estimate of drug-likeness (QED) is 0.557. The minimum Gasteiger partial charge on any atom is -0.438 e. The van der Waals surface area contributed by atoms with Crippen LogP contribution in [0.3, 0.4) is 0 Å². The number of halogens is 1. The molecule has 21 heavy (non-hydrogen) atoms. The highest BCUT2D eigenvalue weighted by molar-refractivity contribution is 9.10. The molecular weight excluding hydrogens is 330 g/mol.